The Morgan fingerprint density at radius 1 is 0.382 bits per heavy atom. The van der Waals surface area contributed by atoms with Crippen LogP contribution < -0.4 is 16.2 Å². The minimum atomic E-state index is -0.308. The van der Waals surface area contributed by atoms with Crippen molar-refractivity contribution in [3.63, 3.8) is 0 Å². The molecule has 324 valence electrons. The molecule has 0 heterocycles. The van der Waals surface area contributed by atoms with Gasteiger partial charge in [0.2, 0.25) is 10.9 Å². The van der Waals surface area contributed by atoms with Gasteiger partial charge in [-0.1, -0.05) is 240 Å². The molecule has 4 heteroatoms. The molecule has 1 atom stereocenters. The molecule has 0 aliphatic carbocycles. The second-order valence-corrected chi connectivity index (χ2v) is 17.9. The summed E-state index contributed by atoms with van der Waals surface area (Å²) in [4.78, 5) is 26.6. The minimum Gasteiger partial charge on any atom is -0.381 e. The van der Waals surface area contributed by atoms with E-state index >= 15 is 0 Å². The first kappa shape index (κ1) is 51.9. The minimum absolute atomic E-state index is 0.277. The number of hydrogen-bond donors (Lipinski definition) is 1. The fraction of sp³-hybridized carbons (Fsp3) is 0.922. The van der Waals surface area contributed by atoms with E-state index in [1.165, 1.54) is 231 Å². The lowest BCUT2D eigenvalue weighted by Gasteiger charge is -2.23. The lowest BCUT2D eigenvalue weighted by atomic mass is 9.89. The van der Waals surface area contributed by atoms with E-state index in [0.717, 1.165) is 31.3 Å². The van der Waals surface area contributed by atoms with Crippen LogP contribution in [0.2, 0.25) is 0 Å². The molecule has 4 nitrogen and oxygen atoms in total. The van der Waals surface area contributed by atoms with Gasteiger partial charge in [-0.3, -0.25) is 9.59 Å². The van der Waals surface area contributed by atoms with E-state index in [1.54, 1.807) is 0 Å². The summed E-state index contributed by atoms with van der Waals surface area (Å²) in [6, 6.07) is 0. The van der Waals surface area contributed by atoms with Gasteiger partial charge < -0.3 is 10.2 Å². The topological polar surface area (TPSA) is 49.4 Å². The van der Waals surface area contributed by atoms with Gasteiger partial charge in [-0.15, -0.1) is 0 Å². The van der Waals surface area contributed by atoms with Crippen molar-refractivity contribution in [1.82, 2.24) is 4.90 Å². The molecule has 0 fully saturated rings. The van der Waals surface area contributed by atoms with E-state index in [2.05, 4.69) is 37.9 Å². The molecule has 1 rings (SSSR count). The highest BCUT2D eigenvalue weighted by Gasteiger charge is 2.18. The third kappa shape index (κ3) is 28.0. The van der Waals surface area contributed by atoms with Crippen LogP contribution in [0.15, 0.2) is 9.59 Å². The third-order valence-corrected chi connectivity index (χ3v) is 12.9. The van der Waals surface area contributed by atoms with Crippen molar-refractivity contribution in [2.75, 3.05) is 31.5 Å². The molecule has 0 saturated carbocycles. The van der Waals surface area contributed by atoms with Crippen LogP contribution in [0.3, 0.4) is 0 Å². The lowest BCUT2D eigenvalue weighted by Crippen LogP contribution is -2.38. The van der Waals surface area contributed by atoms with Crippen LogP contribution in [0.1, 0.15) is 265 Å². The first-order chi connectivity index (χ1) is 27.0. The molecular formula is C51H98N2O2. The molecule has 1 unspecified atom stereocenters. The Balaban J connectivity index is 2.42. The van der Waals surface area contributed by atoms with Crippen LogP contribution in [-0.4, -0.2) is 31.1 Å². The zero-order valence-corrected chi connectivity index (χ0v) is 38.2. The quantitative estimate of drug-likeness (QED) is 0.0530. The molecule has 1 aromatic carbocycles. The smallest absolute Gasteiger partial charge is 0.249 e. The Kier molecular flexibility index (Phi) is 36.2. The van der Waals surface area contributed by atoms with Crippen molar-refractivity contribution in [2.24, 2.45) is 11.8 Å². The highest BCUT2D eigenvalue weighted by atomic mass is 16.2. The van der Waals surface area contributed by atoms with Crippen molar-refractivity contribution >= 4 is 5.69 Å². The fourth-order valence-electron chi connectivity index (χ4n) is 9.06. The summed E-state index contributed by atoms with van der Waals surface area (Å²) in [7, 11) is 0. The van der Waals surface area contributed by atoms with Gasteiger partial charge in [0.1, 0.15) is 0 Å². The van der Waals surface area contributed by atoms with E-state index in [9.17, 15) is 9.59 Å². The van der Waals surface area contributed by atoms with E-state index in [1.807, 2.05) is 6.92 Å². The largest absolute Gasteiger partial charge is 0.381 e. The van der Waals surface area contributed by atoms with Gasteiger partial charge in [0, 0.05) is 12.1 Å². The molecule has 55 heavy (non-hydrogen) atoms. The molecule has 0 aromatic heterocycles. The standard InChI is InChI=1S/C51H98N2O2/c1-6-11-15-17-22-29-39-47(40-30-23-18-16-12-7-2)41-32-25-21-27-34-44-53(45-35-42-52-49-48(10-5)50(54)51(49)55)43-33-26-20-19-24-31-38-46(36-14-9-4)37-28-13-8-3/h46-47,52H,6-45H2,1-5H3. The molecule has 0 bridgehead atoms. The summed E-state index contributed by atoms with van der Waals surface area (Å²) in [6.07, 6.45) is 49.7. The van der Waals surface area contributed by atoms with Crippen molar-refractivity contribution in [3.8, 4) is 0 Å². The van der Waals surface area contributed by atoms with Crippen molar-refractivity contribution in [1.29, 1.82) is 0 Å². The summed E-state index contributed by atoms with van der Waals surface area (Å²) >= 11 is 0. The predicted molar refractivity (Wildman–Crippen MR) is 247 cm³/mol. The summed E-state index contributed by atoms with van der Waals surface area (Å²) in [5, 5.41) is 3.31. The third-order valence-electron chi connectivity index (χ3n) is 12.9. The van der Waals surface area contributed by atoms with Gasteiger partial charge in [-0.2, -0.15) is 0 Å². The van der Waals surface area contributed by atoms with Gasteiger partial charge in [0.25, 0.3) is 0 Å². The average molecular weight is 771 g/mol. The van der Waals surface area contributed by atoms with Crippen LogP contribution >= 0.6 is 0 Å². The first-order valence-electron chi connectivity index (χ1n) is 25.3. The average Bonchev–Trinajstić information content (AvgIpc) is 3.19. The SMILES string of the molecule is CCCCCCCCC(CCCCCCCC)CCCCCCCN(CCCCCCCCC(CCCC)CCCCC)CCCNc1c(CC)c(=O)c1=O. The van der Waals surface area contributed by atoms with Crippen LogP contribution in [0.5, 0.6) is 0 Å². The second-order valence-electron chi connectivity index (χ2n) is 17.9. The molecule has 0 radical (unpaired) electrons. The van der Waals surface area contributed by atoms with Crippen LogP contribution in [0.4, 0.5) is 5.69 Å². The predicted octanol–water partition coefficient (Wildman–Crippen LogP) is 15.5. The number of nitrogens with one attached hydrogen (secondary N) is 1. The normalized spacial score (nSPS) is 12.5. The van der Waals surface area contributed by atoms with Crippen molar-refractivity contribution in [2.45, 2.75) is 266 Å². The number of hydrogen-bond acceptors (Lipinski definition) is 4. The number of nitrogens with zero attached hydrogens (tertiary/aromatic N) is 1. The maximum absolute atomic E-state index is 12.0. The van der Waals surface area contributed by atoms with Gasteiger partial charge in [0.05, 0.1) is 5.69 Å². The molecule has 0 aliphatic rings. The van der Waals surface area contributed by atoms with Crippen molar-refractivity contribution in [3.05, 3.63) is 26.0 Å². The van der Waals surface area contributed by atoms with Crippen molar-refractivity contribution < 1.29 is 0 Å². The van der Waals surface area contributed by atoms with E-state index in [4.69, 9.17) is 0 Å². The molecule has 0 amide bonds. The zero-order valence-electron chi connectivity index (χ0n) is 38.2. The summed E-state index contributed by atoms with van der Waals surface area (Å²) in [5.41, 5.74) is 0.711. The first-order valence-corrected chi connectivity index (χ1v) is 25.3. The maximum Gasteiger partial charge on any atom is 0.249 e. The lowest BCUT2D eigenvalue weighted by molar-refractivity contribution is 0.259. The van der Waals surface area contributed by atoms with E-state index in [-0.39, 0.29) is 10.9 Å². The van der Waals surface area contributed by atoms with Crippen LogP contribution in [0, 0.1) is 11.8 Å². The second kappa shape index (κ2) is 38.4. The fourth-order valence-corrected chi connectivity index (χ4v) is 9.06. The molecule has 0 saturated heterocycles. The molecule has 0 spiro atoms. The maximum atomic E-state index is 12.0. The summed E-state index contributed by atoms with van der Waals surface area (Å²) in [5.74, 6) is 1.95. The van der Waals surface area contributed by atoms with Gasteiger partial charge >= 0.3 is 0 Å². The van der Waals surface area contributed by atoms with Crippen LogP contribution in [-0.2, 0) is 6.42 Å². The Morgan fingerprint density at radius 3 is 1.13 bits per heavy atom. The Hall–Kier alpha value is -1.16. The number of rotatable bonds is 44. The molecule has 1 aromatic rings. The highest BCUT2D eigenvalue weighted by molar-refractivity contribution is 5.56. The van der Waals surface area contributed by atoms with E-state index < -0.39 is 0 Å². The highest BCUT2D eigenvalue weighted by Crippen LogP contribution is 2.26. The van der Waals surface area contributed by atoms with Gasteiger partial charge in [0.15, 0.2) is 0 Å². The van der Waals surface area contributed by atoms with Gasteiger partial charge in [-0.05, 0) is 57.2 Å². The van der Waals surface area contributed by atoms with Gasteiger partial charge in [-0.25, -0.2) is 0 Å². The Labute approximate surface area is 344 Å². The summed E-state index contributed by atoms with van der Waals surface area (Å²) < 4.78 is 0. The van der Waals surface area contributed by atoms with Crippen LogP contribution in [0.25, 0.3) is 0 Å². The Morgan fingerprint density at radius 2 is 0.709 bits per heavy atom. The monoisotopic (exact) mass is 771 g/mol. The number of unbranched alkanes of at least 4 members (excludes halogenated alkanes) is 22. The molecule has 0 aliphatic heterocycles. The zero-order chi connectivity index (χ0) is 40.0. The summed E-state index contributed by atoms with van der Waals surface area (Å²) in [6.45, 7) is 15.5. The number of anilines is 1. The van der Waals surface area contributed by atoms with E-state index in [0.29, 0.717) is 17.7 Å². The molecular weight excluding hydrogens is 673 g/mol. The Bertz CT molecular complexity index is 997. The molecule has 1 N–H and O–H groups in total.